The molecule has 0 radical (unpaired) electrons. The highest BCUT2D eigenvalue weighted by atomic mass is 16.5. The van der Waals surface area contributed by atoms with E-state index in [4.69, 9.17) is 5.26 Å². The van der Waals surface area contributed by atoms with Gasteiger partial charge in [-0.15, -0.1) is 5.26 Å². The summed E-state index contributed by atoms with van der Waals surface area (Å²) in [6, 6.07) is 0. The number of ether oxygens (including phenoxy) is 1. The molecule has 0 unspecified atom stereocenters. The fourth-order valence-electron chi connectivity index (χ4n) is 0.794. The molecule has 0 aliphatic heterocycles. The van der Waals surface area contributed by atoms with Crippen LogP contribution in [0.2, 0.25) is 0 Å². The van der Waals surface area contributed by atoms with Gasteiger partial charge in [0.2, 0.25) is 0 Å². The molecule has 0 aliphatic rings. The van der Waals surface area contributed by atoms with E-state index in [9.17, 15) is 4.79 Å². The van der Waals surface area contributed by atoms with Crippen LogP contribution in [0.1, 0.15) is 47.0 Å². The van der Waals surface area contributed by atoms with Crippen LogP contribution in [0.5, 0.6) is 0 Å². The maximum absolute atomic E-state index is 9.85. The van der Waals surface area contributed by atoms with Gasteiger partial charge in [0.25, 0.3) is 6.26 Å². The minimum atomic E-state index is -0.720. The average Bonchev–Trinajstić information content (AvgIpc) is 2.15. The van der Waals surface area contributed by atoms with Crippen LogP contribution in [-0.4, -0.2) is 5.97 Å². The van der Waals surface area contributed by atoms with Crippen molar-refractivity contribution in [1.29, 1.82) is 5.26 Å². The fraction of sp³-hybridized carbons (Fsp3) is 0.667. The van der Waals surface area contributed by atoms with Crippen LogP contribution in [-0.2, 0) is 9.53 Å². The summed E-state index contributed by atoms with van der Waals surface area (Å²) >= 11 is 0. The van der Waals surface area contributed by atoms with Crippen molar-refractivity contribution in [2.24, 2.45) is 5.41 Å². The number of hydrogen-bond donors (Lipinski definition) is 0. The predicted octanol–water partition coefficient (Wildman–Crippen LogP) is 3.42. The first-order valence-corrected chi connectivity index (χ1v) is 5.09. The number of nitrogens with zero attached hydrogens (tertiary/aromatic N) is 1. The first-order chi connectivity index (χ1) is 6.87. The van der Waals surface area contributed by atoms with E-state index in [1.54, 1.807) is 0 Å². The Bertz CT molecular complexity index is 221. The Hall–Kier alpha value is -1.30. The van der Waals surface area contributed by atoms with Gasteiger partial charge in [-0.3, -0.25) is 0 Å². The maximum atomic E-state index is 9.85. The molecule has 0 bridgehead atoms. The van der Waals surface area contributed by atoms with Crippen LogP contribution >= 0.6 is 0 Å². The van der Waals surface area contributed by atoms with Crippen LogP contribution in [0.15, 0.2) is 12.7 Å². The second-order valence-electron chi connectivity index (χ2n) is 4.38. The summed E-state index contributed by atoms with van der Waals surface area (Å²) < 4.78 is 3.74. The molecular formula is C12H21NO2. The van der Waals surface area contributed by atoms with Crippen molar-refractivity contribution in [3.8, 4) is 6.26 Å². The lowest BCUT2D eigenvalue weighted by atomic mass is 9.90. The molecule has 0 aromatic carbocycles. The zero-order chi connectivity index (χ0) is 12.3. The molecule has 0 saturated carbocycles. The first kappa shape index (κ1) is 16.1. The van der Waals surface area contributed by atoms with E-state index in [1.165, 1.54) is 25.5 Å². The molecule has 3 heteroatoms. The lowest BCUT2D eigenvalue weighted by molar-refractivity contribution is -0.131. The molecule has 0 aliphatic carbocycles. The fourth-order valence-corrected chi connectivity index (χ4v) is 0.794. The van der Waals surface area contributed by atoms with E-state index in [2.05, 4.69) is 39.0 Å². The van der Waals surface area contributed by atoms with Gasteiger partial charge in [0.1, 0.15) is 0 Å². The van der Waals surface area contributed by atoms with Crippen LogP contribution in [0.3, 0.4) is 0 Å². The summed E-state index contributed by atoms with van der Waals surface area (Å²) in [5, 5.41) is 7.63. The summed E-state index contributed by atoms with van der Waals surface area (Å²) in [7, 11) is 0. The van der Waals surface area contributed by atoms with Gasteiger partial charge in [0.15, 0.2) is 0 Å². The van der Waals surface area contributed by atoms with Crippen molar-refractivity contribution in [1.82, 2.24) is 0 Å². The Morgan fingerprint density at radius 2 is 2.07 bits per heavy atom. The van der Waals surface area contributed by atoms with Gasteiger partial charge in [-0.1, -0.05) is 47.1 Å². The van der Waals surface area contributed by atoms with Gasteiger partial charge < -0.3 is 4.74 Å². The van der Waals surface area contributed by atoms with Gasteiger partial charge >= 0.3 is 5.97 Å². The molecule has 0 N–H and O–H groups in total. The molecule has 0 amide bonds. The minimum absolute atomic E-state index is 0.552. The Morgan fingerprint density at radius 1 is 1.53 bits per heavy atom. The Labute approximate surface area is 92.7 Å². The Balaban J connectivity index is 0. The third-order valence-electron chi connectivity index (χ3n) is 1.59. The van der Waals surface area contributed by atoms with E-state index in [0.29, 0.717) is 5.41 Å². The number of esters is 1. The molecular weight excluding hydrogens is 190 g/mol. The van der Waals surface area contributed by atoms with Gasteiger partial charge in [-0.25, -0.2) is 4.79 Å². The number of carbonyl (C=O) groups is 1. The number of hydrogen-bond acceptors (Lipinski definition) is 3. The van der Waals surface area contributed by atoms with Crippen molar-refractivity contribution in [2.75, 3.05) is 0 Å². The molecule has 0 rings (SSSR count). The van der Waals surface area contributed by atoms with Crippen LogP contribution < -0.4 is 0 Å². The molecule has 0 atom stereocenters. The van der Waals surface area contributed by atoms with Crippen molar-refractivity contribution in [2.45, 2.75) is 47.0 Å². The van der Waals surface area contributed by atoms with Crippen molar-refractivity contribution >= 4 is 5.97 Å². The average molecular weight is 211 g/mol. The maximum Gasteiger partial charge on any atom is 0.345 e. The van der Waals surface area contributed by atoms with Crippen molar-refractivity contribution in [3.05, 3.63) is 12.7 Å². The third kappa shape index (κ3) is 19.2. The summed E-state index contributed by atoms with van der Waals surface area (Å²) in [5.41, 5.74) is 0.552. The van der Waals surface area contributed by atoms with Crippen molar-refractivity contribution in [3.63, 3.8) is 0 Å². The minimum Gasteiger partial charge on any atom is -0.347 e. The molecule has 0 fully saturated rings. The highest BCUT2D eigenvalue weighted by Crippen LogP contribution is 2.20. The molecule has 86 valence electrons. The number of nitriles is 1. The summed E-state index contributed by atoms with van der Waals surface area (Å²) in [6.07, 6.45) is 6.19. The van der Waals surface area contributed by atoms with Crippen LogP contribution in [0.25, 0.3) is 0 Å². The molecule has 0 spiro atoms. The van der Waals surface area contributed by atoms with E-state index < -0.39 is 5.97 Å². The van der Waals surface area contributed by atoms with Crippen LogP contribution in [0.4, 0.5) is 0 Å². The lowest BCUT2D eigenvalue weighted by Gasteiger charge is -2.16. The molecule has 0 heterocycles. The summed E-state index contributed by atoms with van der Waals surface area (Å²) in [4.78, 5) is 9.85. The predicted molar refractivity (Wildman–Crippen MR) is 60.9 cm³/mol. The topological polar surface area (TPSA) is 50.1 Å². The first-order valence-electron chi connectivity index (χ1n) is 5.09. The van der Waals surface area contributed by atoms with E-state index in [0.717, 1.165) is 6.08 Å². The Morgan fingerprint density at radius 3 is 2.20 bits per heavy atom. The molecule has 0 saturated heterocycles. The molecule has 3 nitrogen and oxygen atoms in total. The van der Waals surface area contributed by atoms with Crippen LogP contribution in [0, 0.1) is 16.9 Å². The van der Waals surface area contributed by atoms with E-state index in [1.807, 2.05) is 0 Å². The second kappa shape index (κ2) is 9.26. The summed E-state index contributed by atoms with van der Waals surface area (Å²) in [5.74, 6) is -0.720. The van der Waals surface area contributed by atoms with Crippen molar-refractivity contribution < 1.29 is 9.53 Å². The van der Waals surface area contributed by atoms with Gasteiger partial charge in [0.05, 0.1) is 0 Å². The largest absolute Gasteiger partial charge is 0.347 e. The third-order valence-corrected chi connectivity index (χ3v) is 1.59. The lowest BCUT2D eigenvalue weighted by Crippen LogP contribution is -2.03. The normalized spacial score (nSPS) is 9.27. The van der Waals surface area contributed by atoms with E-state index >= 15 is 0 Å². The van der Waals surface area contributed by atoms with Gasteiger partial charge in [-0.05, 0) is 11.8 Å². The molecule has 15 heavy (non-hydrogen) atoms. The summed E-state index contributed by atoms with van der Waals surface area (Å²) in [6.45, 7) is 12.2. The zero-order valence-corrected chi connectivity index (χ0v) is 10.2. The number of unbranched alkanes of at least 4 members (excludes halogenated alkanes) is 1. The highest BCUT2D eigenvalue weighted by molar-refractivity contribution is 5.81. The molecule has 0 aromatic heterocycles. The number of carbonyl (C=O) groups excluding carboxylic acids is 1. The van der Waals surface area contributed by atoms with Gasteiger partial charge in [0, 0.05) is 6.08 Å². The smallest absolute Gasteiger partial charge is 0.345 e. The Kier molecular flexibility index (Phi) is 9.97. The number of rotatable bonds is 3. The molecule has 0 aromatic rings. The standard InChI is InChI=1S/C8H18.C4H3NO2/c1-5-6-7-8(2,3)4;1-2-4(6)7-3-5/h5-7H2,1-4H3;2H,1H2. The second-order valence-corrected chi connectivity index (χ2v) is 4.38. The highest BCUT2D eigenvalue weighted by Gasteiger charge is 2.07. The monoisotopic (exact) mass is 211 g/mol. The van der Waals surface area contributed by atoms with Gasteiger partial charge in [-0.2, -0.15) is 0 Å². The van der Waals surface area contributed by atoms with E-state index in [-0.39, 0.29) is 0 Å². The quantitative estimate of drug-likeness (QED) is 0.408. The SMILES string of the molecule is C=CC(=O)OC#N.CCCCC(C)(C)C. The zero-order valence-electron chi connectivity index (χ0n) is 10.2.